The number of ether oxygens (including phenoxy) is 1. The van der Waals surface area contributed by atoms with Crippen LogP contribution < -0.4 is 5.01 Å². The van der Waals surface area contributed by atoms with Crippen LogP contribution in [0.5, 0.6) is 0 Å². The van der Waals surface area contributed by atoms with E-state index in [2.05, 4.69) is 15.3 Å². The highest BCUT2D eigenvalue weighted by molar-refractivity contribution is 6.00. The van der Waals surface area contributed by atoms with Gasteiger partial charge in [0.05, 0.1) is 12.0 Å². The number of rotatable bonds is 1. The number of aliphatic hydroxyl groups is 1. The second kappa shape index (κ2) is 5.82. The van der Waals surface area contributed by atoms with Crippen molar-refractivity contribution in [2.45, 2.75) is 43.9 Å². The molecule has 2 N–H and O–H groups in total. The summed E-state index contributed by atoms with van der Waals surface area (Å²) in [7, 11) is 0. The number of hydrogen-bond acceptors (Lipinski definition) is 7. The molecule has 2 fully saturated rings. The number of para-hydroxylation sites is 1. The van der Waals surface area contributed by atoms with E-state index in [0.717, 1.165) is 16.7 Å². The molecular formula is C23H24N4O4. The molecule has 8 nitrogen and oxygen atoms in total. The fraction of sp³-hybridized carbons (Fsp3) is 0.478. The van der Waals surface area contributed by atoms with Gasteiger partial charge >= 0.3 is 5.97 Å². The van der Waals surface area contributed by atoms with Crippen LogP contribution >= 0.6 is 0 Å². The molecule has 8 heteroatoms. The van der Waals surface area contributed by atoms with E-state index in [1.807, 2.05) is 37.3 Å². The molecule has 0 bridgehead atoms. The predicted molar refractivity (Wildman–Crippen MR) is 112 cm³/mol. The molecule has 1 saturated carbocycles. The van der Waals surface area contributed by atoms with Crippen molar-refractivity contribution in [1.29, 1.82) is 0 Å². The number of nitrogens with one attached hydrogen (secondary N) is 1. The number of anilines is 1. The van der Waals surface area contributed by atoms with Gasteiger partial charge in [-0.25, -0.2) is 9.80 Å². The standard InChI is InChI=1S/C23H24N4O4/c1-13-7-8-15-19(21(2)17(28)9-10-23(13,21)30)31-20(29)22(15)12-27(26-25-22)18-11-14-5-3-4-6-16(14)24-18/h3-6,9-11,13,15,19,24,30H,7-8,12H2,1-2H3/t13-,15?,19?,21-,22?,23+/m0/s1. The third kappa shape index (κ3) is 2.13. The van der Waals surface area contributed by atoms with E-state index >= 15 is 0 Å². The molecule has 0 amide bonds. The summed E-state index contributed by atoms with van der Waals surface area (Å²) in [5.41, 5.74) is -2.78. The van der Waals surface area contributed by atoms with Crippen LogP contribution in [0.3, 0.4) is 0 Å². The second-order valence-corrected chi connectivity index (χ2v) is 9.55. The lowest BCUT2D eigenvalue weighted by molar-refractivity contribution is -0.166. The van der Waals surface area contributed by atoms with Crippen LogP contribution in [0.15, 0.2) is 52.8 Å². The van der Waals surface area contributed by atoms with Crippen LogP contribution in [0.1, 0.15) is 26.7 Å². The summed E-state index contributed by atoms with van der Waals surface area (Å²) in [5, 5.41) is 23.0. The lowest BCUT2D eigenvalue weighted by Gasteiger charge is -2.43. The first kappa shape index (κ1) is 18.7. The van der Waals surface area contributed by atoms with E-state index < -0.39 is 28.6 Å². The Kier molecular flexibility index (Phi) is 3.52. The van der Waals surface area contributed by atoms with Crippen LogP contribution in [0.2, 0.25) is 0 Å². The number of hydrogen-bond donors (Lipinski definition) is 2. The van der Waals surface area contributed by atoms with Crippen LogP contribution in [0.4, 0.5) is 5.82 Å². The maximum absolute atomic E-state index is 13.2. The Morgan fingerprint density at radius 2 is 2.06 bits per heavy atom. The molecule has 1 saturated heterocycles. The summed E-state index contributed by atoms with van der Waals surface area (Å²) in [4.78, 5) is 29.5. The molecule has 1 spiro atoms. The Balaban J connectivity index is 1.39. The molecule has 31 heavy (non-hydrogen) atoms. The molecule has 1 aromatic heterocycles. The SMILES string of the molecule is C[C@H]1CCC2C(OC(=O)C23CN(c2cc4ccccc4[nH]2)N=N3)[C@]2(C)C(=O)C=C[C@@]12O. The Hall–Kier alpha value is -3.00. The largest absolute Gasteiger partial charge is 0.459 e. The highest BCUT2D eigenvalue weighted by atomic mass is 16.6. The molecule has 2 aliphatic heterocycles. The molecule has 2 aromatic rings. The topological polar surface area (TPSA) is 107 Å². The predicted octanol–water partition coefficient (Wildman–Crippen LogP) is 2.94. The van der Waals surface area contributed by atoms with Crippen molar-refractivity contribution in [3.63, 3.8) is 0 Å². The third-order valence-corrected chi connectivity index (χ3v) is 8.15. The van der Waals surface area contributed by atoms with Crippen molar-refractivity contribution in [3.8, 4) is 0 Å². The first-order valence-corrected chi connectivity index (χ1v) is 10.7. The summed E-state index contributed by atoms with van der Waals surface area (Å²) < 4.78 is 5.88. The highest BCUT2D eigenvalue weighted by Gasteiger charge is 2.72. The number of benzene rings is 1. The molecule has 1 aromatic carbocycles. The van der Waals surface area contributed by atoms with Crippen molar-refractivity contribution in [2.75, 3.05) is 11.6 Å². The van der Waals surface area contributed by atoms with Gasteiger partial charge in [0.2, 0.25) is 5.54 Å². The fourth-order valence-corrected chi connectivity index (χ4v) is 6.10. The average molecular weight is 420 g/mol. The van der Waals surface area contributed by atoms with Crippen LogP contribution in [-0.2, 0) is 14.3 Å². The molecule has 4 aliphatic rings. The summed E-state index contributed by atoms with van der Waals surface area (Å²) >= 11 is 0. The zero-order chi connectivity index (χ0) is 21.6. The van der Waals surface area contributed by atoms with E-state index in [0.29, 0.717) is 12.8 Å². The lowest BCUT2D eigenvalue weighted by atomic mass is 9.63. The van der Waals surface area contributed by atoms with Gasteiger partial charge in [-0.15, -0.1) is 5.11 Å². The maximum atomic E-state index is 13.2. The van der Waals surface area contributed by atoms with Crippen molar-refractivity contribution in [1.82, 2.24) is 4.98 Å². The molecule has 6 rings (SSSR count). The maximum Gasteiger partial charge on any atom is 0.338 e. The van der Waals surface area contributed by atoms with E-state index in [4.69, 9.17) is 4.74 Å². The van der Waals surface area contributed by atoms with Gasteiger partial charge in [0.15, 0.2) is 5.78 Å². The average Bonchev–Trinajstić information content (AvgIpc) is 3.49. The van der Waals surface area contributed by atoms with E-state index in [9.17, 15) is 14.7 Å². The number of esters is 1. The summed E-state index contributed by atoms with van der Waals surface area (Å²) in [6, 6.07) is 9.88. The quantitative estimate of drug-likeness (QED) is 0.690. The Labute approximate surface area is 178 Å². The fourth-order valence-electron chi connectivity index (χ4n) is 6.10. The number of allylic oxidation sites excluding steroid dienone is 1. The highest BCUT2D eigenvalue weighted by Crippen LogP contribution is 2.59. The Bertz CT molecular complexity index is 1150. The molecular weight excluding hydrogens is 396 g/mol. The number of H-pyrrole nitrogens is 1. The lowest BCUT2D eigenvalue weighted by Crippen LogP contribution is -2.57. The number of carbonyl (C=O) groups is 2. The monoisotopic (exact) mass is 420 g/mol. The molecule has 0 radical (unpaired) electrons. The first-order chi connectivity index (χ1) is 14.8. The minimum absolute atomic E-state index is 0.148. The van der Waals surface area contributed by atoms with Gasteiger partial charge in [0, 0.05) is 16.8 Å². The van der Waals surface area contributed by atoms with Crippen molar-refractivity contribution >= 4 is 28.5 Å². The van der Waals surface area contributed by atoms with Crippen LogP contribution in [-0.4, -0.2) is 45.6 Å². The number of aromatic amines is 1. The van der Waals surface area contributed by atoms with Crippen LogP contribution in [0, 0.1) is 17.3 Å². The van der Waals surface area contributed by atoms with Crippen molar-refractivity contribution in [3.05, 3.63) is 42.5 Å². The number of fused-ring (bicyclic) bond motifs is 5. The van der Waals surface area contributed by atoms with E-state index in [1.54, 1.807) is 18.0 Å². The summed E-state index contributed by atoms with van der Waals surface area (Å²) in [6.45, 7) is 3.91. The normalized spacial score (nSPS) is 41.1. The van der Waals surface area contributed by atoms with E-state index in [1.165, 1.54) is 6.08 Å². The van der Waals surface area contributed by atoms with Gasteiger partial charge in [-0.2, -0.15) is 0 Å². The molecule has 160 valence electrons. The third-order valence-electron chi connectivity index (χ3n) is 8.15. The van der Waals surface area contributed by atoms with Gasteiger partial charge in [-0.3, -0.25) is 4.79 Å². The Morgan fingerprint density at radius 3 is 2.87 bits per heavy atom. The van der Waals surface area contributed by atoms with Gasteiger partial charge < -0.3 is 14.8 Å². The molecule has 6 atom stereocenters. The van der Waals surface area contributed by atoms with Crippen molar-refractivity contribution < 1.29 is 19.4 Å². The Morgan fingerprint density at radius 1 is 1.26 bits per heavy atom. The minimum Gasteiger partial charge on any atom is -0.459 e. The van der Waals surface area contributed by atoms with Gasteiger partial charge in [0.25, 0.3) is 0 Å². The molecule has 3 heterocycles. The van der Waals surface area contributed by atoms with Crippen LogP contribution in [0.25, 0.3) is 10.9 Å². The van der Waals surface area contributed by atoms with Gasteiger partial charge in [-0.05, 0) is 50.0 Å². The van der Waals surface area contributed by atoms with Crippen molar-refractivity contribution in [2.24, 2.45) is 27.6 Å². The van der Waals surface area contributed by atoms with Gasteiger partial charge in [-0.1, -0.05) is 30.3 Å². The zero-order valence-electron chi connectivity index (χ0n) is 17.4. The second-order valence-electron chi connectivity index (χ2n) is 9.55. The smallest absolute Gasteiger partial charge is 0.338 e. The molecule has 3 unspecified atom stereocenters. The number of carbonyl (C=O) groups excluding carboxylic acids is 2. The number of ketones is 1. The van der Waals surface area contributed by atoms with E-state index in [-0.39, 0.29) is 24.2 Å². The summed E-state index contributed by atoms with van der Waals surface area (Å²) in [6.07, 6.45) is 3.55. The van der Waals surface area contributed by atoms with Gasteiger partial charge in [0.1, 0.15) is 17.5 Å². The first-order valence-electron chi connectivity index (χ1n) is 10.7. The zero-order valence-corrected chi connectivity index (χ0v) is 17.4. The molecule has 2 aliphatic carbocycles. The number of nitrogens with zero attached hydrogens (tertiary/aromatic N) is 3. The number of aromatic nitrogens is 1. The minimum atomic E-state index is -1.35. The summed E-state index contributed by atoms with van der Waals surface area (Å²) in [5.74, 6) is -0.414.